The molecule has 2 aliphatic rings. The van der Waals surface area contributed by atoms with Crippen molar-refractivity contribution in [2.75, 3.05) is 51.4 Å². The molecule has 0 saturated carbocycles. The fraction of sp³-hybridized carbons (Fsp3) is 0.588. The quantitative estimate of drug-likeness (QED) is 0.617. The summed E-state index contributed by atoms with van der Waals surface area (Å²) in [4.78, 5) is 12.8. The Balaban J connectivity index is 1.72. The molecular weight excluding hydrogens is 324 g/mol. The van der Waals surface area contributed by atoms with Crippen LogP contribution in [-0.2, 0) is 9.47 Å². The van der Waals surface area contributed by atoms with Crippen LogP contribution in [0, 0.1) is 27.4 Å². The second-order valence-electron chi connectivity index (χ2n) is 6.32. The first-order valence-electron chi connectivity index (χ1n) is 8.51. The van der Waals surface area contributed by atoms with Crippen molar-refractivity contribution in [3.63, 3.8) is 0 Å². The molecule has 25 heavy (non-hydrogen) atoms. The summed E-state index contributed by atoms with van der Waals surface area (Å²) in [5.41, 5.74) is 0.846. The maximum Gasteiger partial charge on any atom is 0.270 e. The lowest BCUT2D eigenvalue weighted by Gasteiger charge is -2.37. The van der Waals surface area contributed by atoms with E-state index in [0.29, 0.717) is 18.2 Å². The van der Waals surface area contributed by atoms with Gasteiger partial charge in [-0.3, -0.25) is 15.0 Å². The van der Waals surface area contributed by atoms with Gasteiger partial charge >= 0.3 is 0 Å². The Labute approximate surface area is 146 Å². The SMILES string of the molecule is N#Cc1cc([N+](=O)[O-])ccc1NCC(C1CCOC1)N1CCOCC1. The fourth-order valence-electron chi connectivity index (χ4n) is 3.47. The van der Waals surface area contributed by atoms with E-state index in [9.17, 15) is 15.4 Å². The number of ether oxygens (including phenoxy) is 2. The summed E-state index contributed by atoms with van der Waals surface area (Å²) in [7, 11) is 0. The number of nitro groups is 1. The lowest BCUT2D eigenvalue weighted by Crippen LogP contribution is -2.50. The fourth-order valence-corrected chi connectivity index (χ4v) is 3.47. The van der Waals surface area contributed by atoms with Crippen molar-refractivity contribution in [3.05, 3.63) is 33.9 Å². The number of non-ortho nitro benzene ring substituents is 1. The zero-order valence-electron chi connectivity index (χ0n) is 14.0. The molecule has 0 aromatic heterocycles. The summed E-state index contributed by atoms with van der Waals surface area (Å²) in [5, 5.41) is 23.5. The molecule has 3 rings (SSSR count). The number of hydrogen-bond donors (Lipinski definition) is 1. The van der Waals surface area contributed by atoms with Gasteiger partial charge in [-0.25, -0.2) is 0 Å². The molecule has 0 bridgehead atoms. The summed E-state index contributed by atoms with van der Waals surface area (Å²) in [6.45, 7) is 5.42. The number of hydrogen-bond acceptors (Lipinski definition) is 7. The third kappa shape index (κ3) is 4.25. The molecule has 0 aliphatic carbocycles. The van der Waals surface area contributed by atoms with E-state index in [0.717, 1.165) is 45.9 Å². The second kappa shape index (κ2) is 8.25. The topological polar surface area (TPSA) is 101 Å². The number of rotatable bonds is 6. The molecule has 1 aromatic rings. The van der Waals surface area contributed by atoms with E-state index in [1.54, 1.807) is 6.07 Å². The molecule has 1 aromatic carbocycles. The van der Waals surface area contributed by atoms with E-state index in [1.165, 1.54) is 12.1 Å². The molecule has 0 spiro atoms. The average Bonchev–Trinajstić information content (AvgIpc) is 3.17. The molecule has 8 nitrogen and oxygen atoms in total. The van der Waals surface area contributed by atoms with E-state index >= 15 is 0 Å². The highest BCUT2D eigenvalue weighted by Gasteiger charge is 2.31. The van der Waals surface area contributed by atoms with Crippen LogP contribution in [0.15, 0.2) is 18.2 Å². The van der Waals surface area contributed by atoms with Gasteiger partial charge in [-0.2, -0.15) is 5.26 Å². The third-order valence-corrected chi connectivity index (χ3v) is 4.86. The van der Waals surface area contributed by atoms with Gasteiger partial charge < -0.3 is 14.8 Å². The lowest BCUT2D eigenvalue weighted by atomic mass is 9.96. The second-order valence-corrected chi connectivity index (χ2v) is 6.32. The monoisotopic (exact) mass is 346 g/mol. The number of anilines is 1. The molecule has 2 atom stereocenters. The van der Waals surface area contributed by atoms with Gasteiger partial charge in [-0.1, -0.05) is 0 Å². The van der Waals surface area contributed by atoms with Crippen LogP contribution in [0.5, 0.6) is 0 Å². The van der Waals surface area contributed by atoms with Gasteiger partial charge in [0.1, 0.15) is 6.07 Å². The normalized spacial score (nSPS) is 22.3. The largest absolute Gasteiger partial charge is 0.382 e. The molecule has 8 heteroatoms. The van der Waals surface area contributed by atoms with Crippen LogP contribution in [0.4, 0.5) is 11.4 Å². The molecule has 0 amide bonds. The van der Waals surface area contributed by atoms with E-state index in [2.05, 4.69) is 10.2 Å². The Morgan fingerprint density at radius 3 is 2.80 bits per heavy atom. The third-order valence-electron chi connectivity index (χ3n) is 4.86. The van der Waals surface area contributed by atoms with Gasteiger partial charge in [0.25, 0.3) is 5.69 Å². The Kier molecular flexibility index (Phi) is 5.81. The van der Waals surface area contributed by atoms with Gasteiger partial charge in [0.05, 0.1) is 36.0 Å². The standard InChI is InChI=1S/C17H22N4O4/c18-10-14-9-15(21(22)23)1-2-16(14)19-11-17(13-3-6-25-12-13)20-4-7-24-8-5-20/h1-2,9,13,17,19H,3-8,11-12H2. The van der Waals surface area contributed by atoms with Crippen molar-refractivity contribution in [1.29, 1.82) is 5.26 Å². The zero-order chi connectivity index (χ0) is 17.6. The number of nitriles is 1. The minimum Gasteiger partial charge on any atom is -0.382 e. The average molecular weight is 346 g/mol. The Hall–Kier alpha value is -2.21. The minimum absolute atomic E-state index is 0.0731. The smallest absolute Gasteiger partial charge is 0.270 e. The van der Waals surface area contributed by atoms with Gasteiger partial charge in [-0.15, -0.1) is 0 Å². The van der Waals surface area contributed by atoms with Crippen molar-refractivity contribution in [2.24, 2.45) is 5.92 Å². The highest BCUT2D eigenvalue weighted by molar-refractivity contribution is 5.61. The van der Waals surface area contributed by atoms with Gasteiger partial charge in [0, 0.05) is 50.3 Å². The molecule has 1 N–H and O–H groups in total. The first-order valence-corrected chi connectivity index (χ1v) is 8.51. The molecule has 2 aliphatic heterocycles. The van der Waals surface area contributed by atoms with E-state index in [4.69, 9.17) is 9.47 Å². The Morgan fingerprint density at radius 1 is 1.36 bits per heavy atom. The number of nitrogens with zero attached hydrogens (tertiary/aromatic N) is 3. The summed E-state index contributed by atoms with van der Waals surface area (Å²) < 4.78 is 11.0. The molecule has 134 valence electrons. The summed E-state index contributed by atoms with van der Waals surface area (Å²) in [6, 6.07) is 6.67. The first-order chi connectivity index (χ1) is 12.2. The van der Waals surface area contributed by atoms with Gasteiger partial charge in [0.2, 0.25) is 0 Å². The Bertz CT molecular complexity index is 649. The number of benzene rings is 1. The van der Waals surface area contributed by atoms with Crippen molar-refractivity contribution < 1.29 is 14.4 Å². The molecule has 0 radical (unpaired) electrons. The highest BCUT2D eigenvalue weighted by atomic mass is 16.6. The molecule has 2 saturated heterocycles. The maximum atomic E-state index is 10.9. The van der Waals surface area contributed by atoms with Crippen LogP contribution < -0.4 is 5.32 Å². The van der Waals surface area contributed by atoms with Gasteiger partial charge in [0.15, 0.2) is 0 Å². The van der Waals surface area contributed by atoms with Crippen molar-refractivity contribution in [3.8, 4) is 6.07 Å². The Morgan fingerprint density at radius 2 is 2.16 bits per heavy atom. The van der Waals surface area contributed by atoms with Crippen molar-refractivity contribution in [2.45, 2.75) is 12.5 Å². The van der Waals surface area contributed by atoms with Crippen molar-refractivity contribution in [1.82, 2.24) is 4.90 Å². The molecule has 2 unspecified atom stereocenters. The van der Waals surface area contributed by atoms with Crippen LogP contribution in [0.2, 0.25) is 0 Å². The molecule has 2 heterocycles. The number of morpholine rings is 1. The first kappa shape index (κ1) is 17.6. The summed E-state index contributed by atoms with van der Waals surface area (Å²) >= 11 is 0. The highest BCUT2D eigenvalue weighted by Crippen LogP contribution is 2.25. The molecule has 2 fully saturated rings. The van der Waals surface area contributed by atoms with Crippen LogP contribution in [-0.4, -0.2) is 61.9 Å². The predicted molar refractivity (Wildman–Crippen MR) is 91.4 cm³/mol. The summed E-state index contributed by atoms with van der Waals surface area (Å²) in [6.07, 6.45) is 1.02. The zero-order valence-corrected chi connectivity index (χ0v) is 14.0. The predicted octanol–water partition coefficient (Wildman–Crippen LogP) is 1.62. The number of nitrogens with one attached hydrogen (secondary N) is 1. The van der Waals surface area contributed by atoms with Gasteiger partial charge in [-0.05, 0) is 12.5 Å². The van der Waals surface area contributed by atoms with Crippen LogP contribution in [0.25, 0.3) is 0 Å². The van der Waals surface area contributed by atoms with Crippen LogP contribution >= 0.6 is 0 Å². The minimum atomic E-state index is -0.489. The van der Waals surface area contributed by atoms with Crippen LogP contribution in [0.1, 0.15) is 12.0 Å². The number of nitro benzene ring substituents is 1. The molecular formula is C17H22N4O4. The van der Waals surface area contributed by atoms with Crippen molar-refractivity contribution >= 4 is 11.4 Å². The van der Waals surface area contributed by atoms with E-state index in [1.807, 2.05) is 6.07 Å². The summed E-state index contributed by atoms with van der Waals surface area (Å²) in [5.74, 6) is 0.439. The van der Waals surface area contributed by atoms with E-state index < -0.39 is 4.92 Å². The maximum absolute atomic E-state index is 10.9. The lowest BCUT2D eigenvalue weighted by molar-refractivity contribution is -0.384. The van der Waals surface area contributed by atoms with Crippen LogP contribution in [0.3, 0.4) is 0 Å². The van der Waals surface area contributed by atoms with E-state index in [-0.39, 0.29) is 17.3 Å².